The van der Waals surface area contributed by atoms with Gasteiger partial charge in [0.15, 0.2) is 0 Å². The van der Waals surface area contributed by atoms with Gasteiger partial charge >= 0.3 is 0 Å². The van der Waals surface area contributed by atoms with Crippen molar-refractivity contribution in [3.63, 3.8) is 0 Å². The molecule has 2 N–H and O–H groups in total. The molecule has 1 aromatic carbocycles. The summed E-state index contributed by atoms with van der Waals surface area (Å²) in [6.07, 6.45) is 1.03. The molecule has 1 aromatic rings. The van der Waals surface area contributed by atoms with Crippen LogP contribution in [0.4, 0.5) is 0 Å². The lowest BCUT2D eigenvalue weighted by atomic mass is 10.1. The van der Waals surface area contributed by atoms with E-state index in [4.69, 9.17) is 5.73 Å². The van der Waals surface area contributed by atoms with Crippen LogP contribution in [0.15, 0.2) is 24.3 Å². The number of nitrogens with zero attached hydrogens (tertiary/aromatic N) is 3. The zero-order valence-corrected chi connectivity index (χ0v) is 16.5. The van der Waals surface area contributed by atoms with Crippen molar-refractivity contribution in [2.24, 2.45) is 11.7 Å². The quantitative estimate of drug-likeness (QED) is 0.852. The Morgan fingerprint density at radius 1 is 1.16 bits per heavy atom. The lowest BCUT2D eigenvalue weighted by Crippen LogP contribution is -2.43. The van der Waals surface area contributed by atoms with Gasteiger partial charge in [-0.25, -0.2) is 0 Å². The first kappa shape index (κ1) is 22.2. The molecular weight excluding hydrogens is 359 g/mol. The van der Waals surface area contributed by atoms with Crippen LogP contribution in [0.3, 0.4) is 0 Å². The minimum absolute atomic E-state index is 0. The molecule has 1 amide bonds. The number of carbonyl (C=O) groups is 1. The fourth-order valence-corrected chi connectivity index (χ4v) is 3.46. The van der Waals surface area contributed by atoms with Gasteiger partial charge in [-0.1, -0.05) is 12.1 Å². The van der Waals surface area contributed by atoms with Crippen molar-refractivity contribution in [3.05, 3.63) is 35.4 Å². The number of halogens is 2. The average molecular weight is 389 g/mol. The molecule has 2 saturated heterocycles. The number of hydrogen-bond donors (Lipinski definition) is 1. The van der Waals surface area contributed by atoms with Crippen LogP contribution in [0, 0.1) is 5.92 Å². The molecule has 3 rings (SSSR count). The second kappa shape index (κ2) is 10.3. The third-order valence-electron chi connectivity index (χ3n) is 5.08. The molecular formula is C18H30Cl2N4O. The molecule has 2 aliphatic heterocycles. The molecule has 1 atom stereocenters. The first-order valence-corrected chi connectivity index (χ1v) is 8.65. The molecule has 0 radical (unpaired) electrons. The topological polar surface area (TPSA) is 52.8 Å². The van der Waals surface area contributed by atoms with Crippen LogP contribution < -0.4 is 5.73 Å². The Bertz CT molecular complexity index is 550. The van der Waals surface area contributed by atoms with E-state index in [9.17, 15) is 4.79 Å². The Morgan fingerprint density at radius 3 is 2.52 bits per heavy atom. The van der Waals surface area contributed by atoms with Gasteiger partial charge in [0.25, 0.3) is 5.91 Å². The lowest BCUT2D eigenvalue weighted by Gasteiger charge is -2.32. The molecule has 142 valence electrons. The maximum Gasteiger partial charge on any atom is 0.253 e. The van der Waals surface area contributed by atoms with Gasteiger partial charge in [0.1, 0.15) is 0 Å². The van der Waals surface area contributed by atoms with Crippen molar-refractivity contribution < 1.29 is 4.79 Å². The van der Waals surface area contributed by atoms with Crippen molar-refractivity contribution in [2.75, 3.05) is 52.9 Å². The van der Waals surface area contributed by atoms with Crippen LogP contribution in [-0.4, -0.2) is 73.5 Å². The van der Waals surface area contributed by atoms with Gasteiger partial charge in [0.05, 0.1) is 0 Å². The first-order valence-electron chi connectivity index (χ1n) is 8.65. The molecule has 7 heteroatoms. The summed E-state index contributed by atoms with van der Waals surface area (Å²) in [6.45, 7) is 7.67. The van der Waals surface area contributed by atoms with E-state index in [-0.39, 0.29) is 30.7 Å². The molecule has 25 heavy (non-hydrogen) atoms. The maximum absolute atomic E-state index is 12.7. The highest BCUT2D eigenvalue weighted by molar-refractivity contribution is 5.94. The van der Waals surface area contributed by atoms with Crippen molar-refractivity contribution in [3.8, 4) is 0 Å². The lowest BCUT2D eigenvalue weighted by molar-refractivity contribution is 0.0787. The van der Waals surface area contributed by atoms with E-state index in [0.29, 0.717) is 12.5 Å². The second-order valence-corrected chi connectivity index (χ2v) is 6.92. The molecule has 0 spiro atoms. The Labute approximate surface area is 163 Å². The van der Waals surface area contributed by atoms with E-state index in [0.717, 1.165) is 57.8 Å². The molecule has 2 aliphatic rings. The van der Waals surface area contributed by atoms with E-state index in [1.807, 2.05) is 17.0 Å². The monoisotopic (exact) mass is 388 g/mol. The van der Waals surface area contributed by atoms with Crippen molar-refractivity contribution in [2.45, 2.75) is 13.0 Å². The molecule has 0 aromatic heterocycles. The summed E-state index contributed by atoms with van der Waals surface area (Å²) in [5.74, 6) is 0.619. The number of rotatable bonds is 4. The van der Waals surface area contributed by atoms with Crippen LogP contribution in [-0.2, 0) is 6.54 Å². The highest BCUT2D eigenvalue weighted by Crippen LogP contribution is 2.19. The Morgan fingerprint density at radius 2 is 1.88 bits per heavy atom. The number of nitrogens with two attached hydrogens (primary N) is 1. The average Bonchev–Trinajstić information content (AvgIpc) is 3.06. The number of carbonyl (C=O) groups excluding carboxylic acids is 1. The fraction of sp³-hybridized carbons (Fsp3) is 0.611. The molecule has 0 bridgehead atoms. The Balaban J connectivity index is 0.00000156. The smallest absolute Gasteiger partial charge is 0.253 e. The standard InChI is InChI=1S/C18H28N4O.2ClH/c1-20-7-9-21(10-8-20)13-15-3-2-4-17(11-15)18(23)22-6-5-16(12-19)14-22;;/h2-4,11,16H,5-10,12-14,19H2,1H3;2*1H. The molecule has 2 fully saturated rings. The zero-order valence-electron chi connectivity index (χ0n) is 14.9. The minimum Gasteiger partial charge on any atom is -0.338 e. The minimum atomic E-state index is 0. The summed E-state index contributed by atoms with van der Waals surface area (Å²) in [5.41, 5.74) is 7.77. The highest BCUT2D eigenvalue weighted by Gasteiger charge is 2.26. The number of benzene rings is 1. The predicted molar refractivity (Wildman–Crippen MR) is 107 cm³/mol. The first-order chi connectivity index (χ1) is 11.2. The van der Waals surface area contributed by atoms with Crippen LogP contribution >= 0.6 is 24.8 Å². The van der Waals surface area contributed by atoms with Crippen molar-refractivity contribution >= 4 is 30.7 Å². The summed E-state index contributed by atoms with van der Waals surface area (Å²) >= 11 is 0. The van der Waals surface area contributed by atoms with Crippen molar-refractivity contribution in [1.82, 2.24) is 14.7 Å². The number of likely N-dealkylation sites (tertiary alicyclic amines) is 1. The maximum atomic E-state index is 12.7. The summed E-state index contributed by atoms with van der Waals surface area (Å²) in [7, 11) is 2.17. The molecule has 0 saturated carbocycles. The zero-order chi connectivity index (χ0) is 16.2. The van der Waals surface area contributed by atoms with Gasteiger partial charge < -0.3 is 15.5 Å². The summed E-state index contributed by atoms with van der Waals surface area (Å²) in [4.78, 5) is 19.4. The summed E-state index contributed by atoms with van der Waals surface area (Å²) < 4.78 is 0. The number of amides is 1. The molecule has 2 heterocycles. The van der Waals surface area contributed by atoms with Crippen LogP contribution in [0.25, 0.3) is 0 Å². The van der Waals surface area contributed by atoms with Gasteiger partial charge in [-0.05, 0) is 43.6 Å². The number of piperazine rings is 1. The number of likely N-dealkylation sites (N-methyl/N-ethyl adjacent to an activating group) is 1. The molecule has 0 aliphatic carbocycles. The van der Waals surface area contributed by atoms with Crippen LogP contribution in [0.1, 0.15) is 22.3 Å². The van der Waals surface area contributed by atoms with Crippen LogP contribution in [0.5, 0.6) is 0 Å². The van der Waals surface area contributed by atoms with E-state index in [1.165, 1.54) is 5.56 Å². The Hall–Kier alpha value is -0.850. The Kier molecular flexibility index (Phi) is 9.17. The summed E-state index contributed by atoms with van der Waals surface area (Å²) in [6, 6.07) is 8.14. The normalized spacial score (nSPS) is 21.5. The van der Waals surface area contributed by atoms with E-state index >= 15 is 0 Å². The van der Waals surface area contributed by atoms with Crippen molar-refractivity contribution in [1.29, 1.82) is 0 Å². The fourth-order valence-electron chi connectivity index (χ4n) is 3.46. The van der Waals surface area contributed by atoms with E-state index < -0.39 is 0 Å². The van der Waals surface area contributed by atoms with Gasteiger partial charge in [-0.3, -0.25) is 9.69 Å². The van der Waals surface area contributed by atoms with E-state index in [1.54, 1.807) is 0 Å². The predicted octanol–water partition coefficient (Wildman–Crippen LogP) is 1.70. The van der Waals surface area contributed by atoms with E-state index in [2.05, 4.69) is 29.0 Å². The van der Waals surface area contributed by atoms with Gasteiger partial charge in [0.2, 0.25) is 0 Å². The SMILES string of the molecule is CN1CCN(Cc2cccc(C(=O)N3CCC(CN)C3)c2)CC1.Cl.Cl. The molecule has 1 unspecified atom stereocenters. The number of hydrogen-bond acceptors (Lipinski definition) is 4. The third kappa shape index (κ3) is 5.83. The van der Waals surface area contributed by atoms with Crippen LogP contribution in [0.2, 0.25) is 0 Å². The van der Waals surface area contributed by atoms with Gasteiger partial charge in [-0.2, -0.15) is 0 Å². The van der Waals surface area contributed by atoms with Gasteiger partial charge in [-0.15, -0.1) is 24.8 Å². The second-order valence-electron chi connectivity index (χ2n) is 6.92. The highest BCUT2D eigenvalue weighted by atomic mass is 35.5. The van der Waals surface area contributed by atoms with Gasteiger partial charge in [0, 0.05) is 51.4 Å². The molecule has 5 nitrogen and oxygen atoms in total. The third-order valence-corrected chi connectivity index (χ3v) is 5.08. The summed E-state index contributed by atoms with van der Waals surface area (Å²) in [5, 5.41) is 0. The largest absolute Gasteiger partial charge is 0.338 e.